The van der Waals surface area contributed by atoms with Gasteiger partial charge in [0.15, 0.2) is 5.82 Å². The van der Waals surface area contributed by atoms with Gasteiger partial charge >= 0.3 is 0 Å². The van der Waals surface area contributed by atoms with Crippen LogP contribution in [-0.4, -0.2) is 49.3 Å². The predicted molar refractivity (Wildman–Crippen MR) is 89.7 cm³/mol. The third kappa shape index (κ3) is 3.34. The number of hydrogen-bond acceptors (Lipinski definition) is 6. The number of aromatic nitrogens is 6. The molecule has 1 aliphatic carbocycles. The molecule has 8 heteroatoms. The lowest BCUT2D eigenvalue weighted by Crippen LogP contribution is -2.36. The van der Waals surface area contributed by atoms with E-state index in [1.54, 1.807) is 13.4 Å². The average molecular weight is 333 g/mol. The second kappa shape index (κ2) is 6.60. The summed E-state index contributed by atoms with van der Waals surface area (Å²) in [5.74, 6) is 3.28. The predicted octanol–water partition coefficient (Wildman–Crippen LogP) is 1.07. The topological polar surface area (TPSA) is 96.7 Å². The number of nitrogens with zero attached hydrogens (tertiary/aromatic N) is 6. The molecule has 2 aromatic heterocycles. The third-order valence-corrected chi connectivity index (χ3v) is 4.51. The molecule has 0 radical (unpaired) electrons. The Balaban J connectivity index is 1.86. The van der Waals surface area contributed by atoms with Crippen molar-refractivity contribution in [1.29, 1.82) is 0 Å². The van der Waals surface area contributed by atoms with Gasteiger partial charge in [-0.25, -0.2) is 0 Å². The van der Waals surface area contributed by atoms with Crippen LogP contribution in [0.2, 0.25) is 0 Å². The van der Waals surface area contributed by atoms with Crippen LogP contribution < -0.4 is 5.73 Å². The maximum atomic E-state index is 5.94. The Hall–Kier alpha value is -1.80. The lowest BCUT2D eigenvalue weighted by atomic mass is 9.80. The second-order valence-electron chi connectivity index (χ2n) is 7.58. The first kappa shape index (κ1) is 17.0. The lowest BCUT2D eigenvalue weighted by Gasteiger charge is -2.31. The van der Waals surface area contributed by atoms with Crippen LogP contribution in [0.1, 0.15) is 57.0 Å². The first-order valence-electron chi connectivity index (χ1n) is 8.45. The van der Waals surface area contributed by atoms with Crippen LogP contribution >= 0.6 is 0 Å². The van der Waals surface area contributed by atoms with E-state index >= 15 is 0 Å². The van der Waals surface area contributed by atoms with Crippen LogP contribution in [-0.2, 0) is 23.2 Å². The number of hydrogen-bond donors (Lipinski definition) is 1. The molecular formula is C16H27N7O. The highest BCUT2D eigenvalue weighted by molar-refractivity contribution is 5.10. The minimum Gasteiger partial charge on any atom is -0.383 e. The summed E-state index contributed by atoms with van der Waals surface area (Å²) in [6.45, 7) is 8.37. The molecule has 1 aliphatic rings. The van der Waals surface area contributed by atoms with Gasteiger partial charge in [0, 0.05) is 31.0 Å². The van der Waals surface area contributed by atoms with Gasteiger partial charge in [0.25, 0.3) is 0 Å². The molecule has 0 aliphatic heterocycles. The minimum atomic E-state index is -0.0720. The Morgan fingerprint density at radius 3 is 2.62 bits per heavy atom. The van der Waals surface area contributed by atoms with Crippen molar-refractivity contribution >= 4 is 0 Å². The van der Waals surface area contributed by atoms with Gasteiger partial charge in [-0.2, -0.15) is 0 Å². The Bertz CT molecular complexity index is 679. The fourth-order valence-electron chi connectivity index (χ4n) is 3.17. The Labute approximate surface area is 142 Å². The molecule has 2 heterocycles. The van der Waals surface area contributed by atoms with Crippen molar-refractivity contribution in [3.63, 3.8) is 0 Å². The van der Waals surface area contributed by atoms with Crippen LogP contribution in [0, 0.1) is 0 Å². The zero-order chi connectivity index (χ0) is 17.3. The van der Waals surface area contributed by atoms with E-state index in [9.17, 15) is 0 Å². The molecule has 0 atom stereocenters. The third-order valence-electron chi connectivity index (χ3n) is 4.51. The summed E-state index contributed by atoms with van der Waals surface area (Å²) < 4.78 is 9.48. The molecule has 2 aromatic rings. The molecule has 3 rings (SSSR count). The van der Waals surface area contributed by atoms with Gasteiger partial charge < -0.3 is 19.6 Å². The van der Waals surface area contributed by atoms with Gasteiger partial charge in [-0.3, -0.25) is 0 Å². The van der Waals surface area contributed by atoms with Crippen LogP contribution in [0.15, 0.2) is 6.33 Å². The normalized spacial score (nSPS) is 21.0. The second-order valence-corrected chi connectivity index (χ2v) is 7.58. The van der Waals surface area contributed by atoms with E-state index in [4.69, 9.17) is 10.5 Å². The summed E-state index contributed by atoms with van der Waals surface area (Å²) in [4.78, 5) is 0. The zero-order valence-corrected chi connectivity index (χ0v) is 14.9. The molecule has 8 nitrogen and oxygen atoms in total. The van der Waals surface area contributed by atoms with E-state index in [0.717, 1.165) is 36.9 Å². The van der Waals surface area contributed by atoms with Crippen molar-refractivity contribution in [3.8, 4) is 0 Å². The number of methoxy groups -OCH3 is 1. The fraction of sp³-hybridized carbons (Fsp3) is 0.750. The molecule has 0 amide bonds. The van der Waals surface area contributed by atoms with Crippen molar-refractivity contribution < 1.29 is 4.74 Å². The highest BCUT2D eigenvalue weighted by Crippen LogP contribution is 2.35. The van der Waals surface area contributed by atoms with Gasteiger partial charge in [0.05, 0.1) is 13.2 Å². The van der Waals surface area contributed by atoms with E-state index in [1.165, 1.54) is 0 Å². The largest absolute Gasteiger partial charge is 0.383 e. The molecule has 0 bridgehead atoms. The molecule has 132 valence electrons. The first-order valence-corrected chi connectivity index (χ1v) is 8.45. The summed E-state index contributed by atoms with van der Waals surface area (Å²) in [5.41, 5.74) is 5.87. The van der Waals surface area contributed by atoms with E-state index in [1.807, 2.05) is 4.57 Å². The van der Waals surface area contributed by atoms with Gasteiger partial charge in [-0.15, -0.1) is 20.4 Å². The SMILES string of the molecule is COCCn1c(Cn2cnnc2C(C)(C)C)nnc1C1CC(N)C1. The smallest absolute Gasteiger partial charge is 0.153 e. The minimum absolute atomic E-state index is 0.0720. The molecular weight excluding hydrogens is 306 g/mol. The lowest BCUT2D eigenvalue weighted by molar-refractivity contribution is 0.183. The van der Waals surface area contributed by atoms with Gasteiger partial charge in [-0.1, -0.05) is 20.8 Å². The van der Waals surface area contributed by atoms with Gasteiger partial charge in [-0.05, 0) is 12.8 Å². The van der Waals surface area contributed by atoms with Crippen molar-refractivity contribution in [2.45, 2.75) is 64.1 Å². The molecule has 0 saturated heterocycles. The molecule has 24 heavy (non-hydrogen) atoms. The average Bonchev–Trinajstić information content (AvgIpc) is 3.09. The van der Waals surface area contributed by atoms with Crippen molar-refractivity contribution in [2.24, 2.45) is 5.73 Å². The molecule has 0 unspecified atom stereocenters. The maximum absolute atomic E-state index is 5.94. The van der Waals surface area contributed by atoms with Crippen LogP contribution in [0.5, 0.6) is 0 Å². The van der Waals surface area contributed by atoms with Crippen LogP contribution in [0.4, 0.5) is 0 Å². The van der Waals surface area contributed by atoms with Crippen LogP contribution in [0.3, 0.4) is 0 Å². The van der Waals surface area contributed by atoms with E-state index in [2.05, 4.69) is 45.7 Å². The van der Waals surface area contributed by atoms with Crippen molar-refractivity contribution in [1.82, 2.24) is 29.5 Å². The summed E-state index contributed by atoms with van der Waals surface area (Å²) >= 11 is 0. The standard InChI is InChI=1S/C16H27N7O/c1-16(2,3)15-21-18-10-22(15)9-13-19-20-14(11-7-12(17)8-11)23(13)5-6-24-4/h10-12H,5-9,17H2,1-4H3. The number of ether oxygens (including phenoxy) is 1. The Morgan fingerprint density at radius 1 is 1.25 bits per heavy atom. The highest BCUT2D eigenvalue weighted by Gasteiger charge is 2.32. The number of rotatable bonds is 6. The number of nitrogens with two attached hydrogens (primary N) is 1. The molecule has 0 spiro atoms. The monoisotopic (exact) mass is 333 g/mol. The molecule has 0 aromatic carbocycles. The van der Waals surface area contributed by atoms with E-state index in [-0.39, 0.29) is 11.5 Å². The summed E-state index contributed by atoms with van der Waals surface area (Å²) in [6, 6.07) is 0.288. The fourth-order valence-corrected chi connectivity index (χ4v) is 3.17. The Kier molecular flexibility index (Phi) is 4.69. The molecule has 1 fully saturated rings. The summed E-state index contributed by atoms with van der Waals surface area (Å²) in [7, 11) is 1.71. The van der Waals surface area contributed by atoms with Gasteiger partial charge in [0.2, 0.25) is 0 Å². The quantitative estimate of drug-likeness (QED) is 0.849. The van der Waals surface area contributed by atoms with Crippen LogP contribution in [0.25, 0.3) is 0 Å². The Morgan fingerprint density at radius 2 is 2.00 bits per heavy atom. The summed E-state index contributed by atoms with van der Waals surface area (Å²) in [6.07, 6.45) is 3.71. The summed E-state index contributed by atoms with van der Waals surface area (Å²) in [5, 5.41) is 17.2. The zero-order valence-electron chi connectivity index (χ0n) is 14.9. The first-order chi connectivity index (χ1) is 11.4. The van der Waals surface area contributed by atoms with Crippen molar-refractivity contribution in [2.75, 3.05) is 13.7 Å². The highest BCUT2D eigenvalue weighted by atomic mass is 16.5. The van der Waals surface area contributed by atoms with E-state index < -0.39 is 0 Å². The molecule has 1 saturated carbocycles. The maximum Gasteiger partial charge on any atom is 0.153 e. The van der Waals surface area contributed by atoms with E-state index in [0.29, 0.717) is 19.1 Å². The molecule has 2 N–H and O–H groups in total. The van der Waals surface area contributed by atoms with Gasteiger partial charge in [0.1, 0.15) is 18.0 Å². The van der Waals surface area contributed by atoms with Crippen molar-refractivity contribution in [3.05, 3.63) is 23.8 Å².